The largest absolute Gasteiger partial charge is 0.304 e. The lowest BCUT2D eigenvalue weighted by molar-refractivity contribution is 0.148. The van der Waals surface area contributed by atoms with E-state index in [1.165, 1.54) is 37.4 Å². The van der Waals surface area contributed by atoms with Gasteiger partial charge < -0.3 is 4.90 Å². The fraction of sp³-hybridized carbons (Fsp3) is 0.833. The highest BCUT2D eigenvalue weighted by atomic mass is 15.3. The van der Waals surface area contributed by atoms with Crippen molar-refractivity contribution in [2.75, 3.05) is 39.8 Å². The quantitative estimate of drug-likeness (QED) is 0.858. The van der Waals surface area contributed by atoms with E-state index >= 15 is 0 Å². The van der Waals surface area contributed by atoms with Crippen molar-refractivity contribution >= 4 is 0 Å². The fourth-order valence-electron chi connectivity index (χ4n) is 3.20. The molecule has 0 saturated carbocycles. The first kappa shape index (κ1) is 17.5. The maximum atomic E-state index is 4.73. The number of hydrogen-bond donors (Lipinski definition) is 0. The van der Waals surface area contributed by atoms with Gasteiger partial charge in [0.2, 0.25) is 0 Å². The number of likely N-dealkylation sites (N-methyl/N-ethyl adjacent to an activating group) is 1. The Kier molecular flexibility index (Phi) is 5.03. The molecule has 0 radical (unpaired) electrons. The smallest absolute Gasteiger partial charge is 0.0540 e. The van der Waals surface area contributed by atoms with E-state index in [0.717, 1.165) is 13.1 Å². The Morgan fingerprint density at radius 1 is 0.909 bits per heavy atom. The number of hydrogen-bond acceptors (Lipinski definition) is 3. The van der Waals surface area contributed by atoms with Gasteiger partial charge in [0, 0.05) is 43.8 Å². The Bertz CT molecular complexity index is 482. The van der Waals surface area contributed by atoms with Crippen LogP contribution >= 0.6 is 0 Å². The Hall–Kier alpha value is -0.870. The SMILES string of the molecule is CN1CCN(CCn2ncc(C(C)(C)C)c2C(C)(C)C)CC1. The van der Waals surface area contributed by atoms with Gasteiger partial charge in [0.15, 0.2) is 0 Å². The summed E-state index contributed by atoms with van der Waals surface area (Å²) < 4.78 is 2.25. The van der Waals surface area contributed by atoms with Crippen LogP contribution in [-0.4, -0.2) is 59.4 Å². The van der Waals surface area contributed by atoms with Crippen LogP contribution in [0.3, 0.4) is 0 Å². The summed E-state index contributed by atoms with van der Waals surface area (Å²) in [6.07, 6.45) is 2.09. The van der Waals surface area contributed by atoms with Gasteiger partial charge in [-0.25, -0.2) is 0 Å². The van der Waals surface area contributed by atoms with Crippen LogP contribution in [0.15, 0.2) is 6.20 Å². The first-order valence-corrected chi connectivity index (χ1v) is 8.57. The fourth-order valence-corrected chi connectivity index (χ4v) is 3.20. The molecule has 22 heavy (non-hydrogen) atoms. The molecule has 1 aromatic heterocycles. The van der Waals surface area contributed by atoms with E-state index < -0.39 is 0 Å². The maximum Gasteiger partial charge on any atom is 0.0540 e. The molecule has 2 rings (SSSR count). The van der Waals surface area contributed by atoms with Crippen molar-refractivity contribution in [2.45, 2.75) is 58.9 Å². The zero-order valence-corrected chi connectivity index (χ0v) is 15.6. The van der Waals surface area contributed by atoms with Crippen molar-refractivity contribution in [1.82, 2.24) is 19.6 Å². The van der Waals surface area contributed by atoms with E-state index in [1.54, 1.807) is 0 Å². The van der Waals surface area contributed by atoms with Crippen molar-refractivity contribution in [2.24, 2.45) is 0 Å². The molecule has 126 valence electrons. The molecule has 0 spiro atoms. The normalized spacial score (nSPS) is 18.9. The lowest BCUT2D eigenvalue weighted by Crippen LogP contribution is -2.45. The van der Waals surface area contributed by atoms with Crippen LogP contribution in [-0.2, 0) is 17.4 Å². The van der Waals surface area contributed by atoms with Crippen molar-refractivity contribution in [3.8, 4) is 0 Å². The molecule has 0 N–H and O–H groups in total. The zero-order valence-electron chi connectivity index (χ0n) is 15.6. The summed E-state index contributed by atoms with van der Waals surface area (Å²) in [7, 11) is 2.21. The Labute approximate surface area is 136 Å². The van der Waals surface area contributed by atoms with Crippen LogP contribution in [0.5, 0.6) is 0 Å². The minimum atomic E-state index is 0.126. The summed E-state index contributed by atoms with van der Waals surface area (Å²) >= 11 is 0. The van der Waals surface area contributed by atoms with E-state index in [4.69, 9.17) is 5.10 Å². The Morgan fingerprint density at radius 3 is 2.00 bits per heavy atom. The van der Waals surface area contributed by atoms with Gasteiger partial charge in [-0.3, -0.25) is 9.58 Å². The zero-order chi connectivity index (χ0) is 16.5. The van der Waals surface area contributed by atoms with Crippen molar-refractivity contribution in [3.63, 3.8) is 0 Å². The third-order valence-electron chi connectivity index (χ3n) is 4.58. The minimum Gasteiger partial charge on any atom is -0.304 e. The minimum absolute atomic E-state index is 0.126. The second kappa shape index (κ2) is 6.32. The molecule has 2 heterocycles. The highest BCUT2D eigenvalue weighted by Gasteiger charge is 2.29. The van der Waals surface area contributed by atoms with E-state index in [2.05, 4.69) is 69.3 Å². The summed E-state index contributed by atoms with van der Waals surface area (Å²) in [5.41, 5.74) is 3.06. The van der Waals surface area contributed by atoms with E-state index in [9.17, 15) is 0 Å². The molecule has 4 nitrogen and oxygen atoms in total. The van der Waals surface area contributed by atoms with Gasteiger partial charge in [0.05, 0.1) is 12.7 Å². The monoisotopic (exact) mass is 306 g/mol. The summed E-state index contributed by atoms with van der Waals surface area (Å²) in [5, 5.41) is 4.73. The first-order chi connectivity index (χ1) is 10.1. The second-order valence-corrected chi connectivity index (χ2v) is 8.77. The molecule has 1 aliphatic heterocycles. The summed E-state index contributed by atoms with van der Waals surface area (Å²) in [5.74, 6) is 0. The Balaban J connectivity index is 2.12. The predicted octanol–water partition coefficient (Wildman–Crippen LogP) is 2.73. The molecule has 0 unspecified atom stereocenters. The molecule has 0 bridgehead atoms. The number of nitrogens with zero attached hydrogens (tertiary/aromatic N) is 4. The van der Waals surface area contributed by atoms with Gasteiger partial charge in [0.25, 0.3) is 0 Å². The van der Waals surface area contributed by atoms with Crippen LogP contribution in [0.1, 0.15) is 52.8 Å². The van der Waals surface area contributed by atoms with Crippen molar-refractivity contribution < 1.29 is 0 Å². The summed E-state index contributed by atoms with van der Waals surface area (Å²) in [4.78, 5) is 4.97. The number of aromatic nitrogens is 2. The highest BCUT2D eigenvalue weighted by Crippen LogP contribution is 2.33. The van der Waals surface area contributed by atoms with Gasteiger partial charge in [-0.1, -0.05) is 41.5 Å². The van der Waals surface area contributed by atoms with E-state index in [1.807, 2.05) is 0 Å². The van der Waals surface area contributed by atoms with Gasteiger partial charge >= 0.3 is 0 Å². The molecular formula is C18H34N4. The summed E-state index contributed by atoms with van der Waals surface area (Å²) in [6, 6.07) is 0. The van der Waals surface area contributed by atoms with Crippen LogP contribution in [0.2, 0.25) is 0 Å². The molecule has 1 aliphatic rings. The van der Waals surface area contributed by atoms with Crippen LogP contribution in [0.4, 0.5) is 0 Å². The van der Waals surface area contributed by atoms with Crippen LogP contribution in [0.25, 0.3) is 0 Å². The number of rotatable bonds is 3. The van der Waals surface area contributed by atoms with E-state index in [0.29, 0.717) is 0 Å². The average molecular weight is 306 g/mol. The Morgan fingerprint density at radius 2 is 1.50 bits per heavy atom. The molecule has 0 aliphatic carbocycles. The van der Waals surface area contributed by atoms with Crippen molar-refractivity contribution in [3.05, 3.63) is 17.5 Å². The molecule has 0 amide bonds. The first-order valence-electron chi connectivity index (χ1n) is 8.57. The molecule has 1 fully saturated rings. The highest BCUT2D eigenvalue weighted by molar-refractivity contribution is 5.31. The molecular weight excluding hydrogens is 272 g/mol. The van der Waals surface area contributed by atoms with Crippen LogP contribution < -0.4 is 0 Å². The van der Waals surface area contributed by atoms with Gasteiger partial charge in [-0.2, -0.15) is 5.10 Å². The third kappa shape index (κ3) is 4.11. The molecule has 1 aromatic rings. The third-order valence-corrected chi connectivity index (χ3v) is 4.58. The predicted molar refractivity (Wildman–Crippen MR) is 93.6 cm³/mol. The number of piperazine rings is 1. The van der Waals surface area contributed by atoms with Gasteiger partial charge in [-0.05, 0) is 18.0 Å². The lowest BCUT2D eigenvalue weighted by atomic mass is 9.79. The second-order valence-electron chi connectivity index (χ2n) is 8.77. The molecule has 0 aromatic carbocycles. The molecule has 1 saturated heterocycles. The lowest BCUT2D eigenvalue weighted by Gasteiger charge is -2.33. The van der Waals surface area contributed by atoms with E-state index in [-0.39, 0.29) is 10.8 Å². The molecule has 0 atom stereocenters. The van der Waals surface area contributed by atoms with Crippen molar-refractivity contribution in [1.29, 1.82) is 0 Å². The summed E-state index contributed by atoms with van der Waals surface area (Å²) in [6.45, 7) is 20.5. The van der Waals surface area contributed by atoms with Gasteiger partial charge in [0.1, 0.15) is 0 Å². The standard InChI is InChI=1S/C18H34N4/c1-17(2,3)15-14-19-22(16(15)18(4,5)6)13-12-21-10-8-20(7)9-11-21/h14H,8-13H2,1-7H3. The van der Waals surface area contributed by atoms with Gasteiger partial charge in [-0.15, -0.1) is 0 Å². The average Bonchev–Trinajstić information content (AvgIpc) is 2.82. The van der Waals surface area contributed by atoms with Crippen LogP contribution in [0, 0.1) is 0 Å². The maximum absolute atomic E-state index is 4.73. The topological polar surface area (TPSA) is 24.3 Å². The molecule has 4 heteroatoms.